The molecule has 0 aliphatic heterocycles. The van der Waals surface area contributed by atoms with Gasteiger partial charge >= 0.3 is 5.97 Å². The number of rotatable bonds is 62. The van der Waals surface area contributed by atoms with Crippen LogP contribution in [0.1, 0.15) is 361 Å². The summed E-state index contributed by atoms with van der Waals surface area (Å²) in [5.41, 5.74) is 0. The van der Waals surface area contributed by atoms with Gasteiger partial charge in [-0.05, 0) is 64.2 Å². The van der Waals surface area contributed by atoms with Crippen LogP contribution in [-0.2, 0) is 14.3 Å². The first-order chi connectivity index (χ1) is 36.5. The molecule has 74 heavy (non-hydrogen) atoms. The number of hydrogen-bond acceptors (Lipinski definition) is 5. The van der Waals surface area contributed by atoms with Crippen LogP contribution in [-0.4, -0.2) is 47.4 Å². The van der Waals surface area contributed by atoms with Crippen molar-refractivity contribution in [3.8, 4) is 0 Å². The van der Waals surface area contributed by atoms with Crippen molar-refractivity contribution in [1.29, 1.82) is 0 Å². The first-order valence-corrected chi connectivity index (χ1v) is 33.3. The number of esters is 1. The Bertz CT molecular complexity index is 1200. The van der Waals surface area contributed by atoms with E-state index in [0.29, 0.717) is 19.4 Å². The predicted molar refractivity (Wildman–Crippen MR) is 324 cm³/mol. The van der Waals surface area contributed by atoms with Gasteiger partial charge < -0.3 is 20.3 Å². The van der Waals surface area contributed by atoms with E-state index in [2.05, 4.69) is 43.5 Å². The molecular weight excluding hydrogens is 911 g/mol. The SMILES string of the molecule is CCCCCCCCCCCCCCCCC/C=C/C(O)C(CO)NC(=O)CCCCCCCCCCCCCCC/C=C\C/C=C\CCCCCCCCCCCOC(=O)CCCCCCCCCCCCC. The molecule has 0 aliphatic rings. The smallest absolute Gasteiger partial charge is 0.305 e. The maximum atomic E-state index is 12.5. The van der Waals surface area contributed by atoms with E-state index in [-0.39, 0.29) is 18.5 Å². The van der Waals surface area contributed by atoms with Gasteiger partial charge in [-0.1, -0.05) is 320 Å². The Balaban J connectivity index is 3.43. The molecule has 0 rings (SSSR count). The number of allylic oxidation sites excluding steroid dienone is 5. The number of ether oxygens (including phenoxy) is 1. The molecule has 6 nitrogen and oxygen atoms in total. The highest BCUT2D eigenvalue weighted by molar-refractivity contribution is 5.76. The van der Waals surface area contributed by atoms with Crippen molar-refractivity contribution in [1.82, 2.24) is 5.32 Å². The Hall–Kier alpha value is -1.92. The molecule has 2 unspecified atom stereocenters. The number of aliphatic hydroxyl groups excluding tert-OH is 2. The van der Waals surface area contributed by atoms with Crippen LogP contribution in [0.15, 0.2) is 36.5 Å². The topological polar surface area (TPSA) is 95.9 Å². The molecule has 0 aliphatic carbocycles. The van der Waals surface area contributed by atoms with E-state index in [1.54, 1.807) is 6.08 Å². The number of carbonyl (C=O) groups is 2. The minimum Gasteiger partial charge on any atom is -0.466 e. The van der Waals surface area contributed by atoms with Gasteiger partial charge in [-0.2, -0.15) is 0 Å². The molecule has 0 aromatic heterocycles. The van der Waals surface area contributed by atoms with Crippen molar-refractivity contribution in [3.05, 3.63) is 36.5 Å². The van der Waals surface area contributed by atoms with Gasteiger partial charge in [0.25, 0.3) is 0 Å². The third-order valence-corrected chi connectivity index (χ3v) is 15.4. The first-order valence-electron chi connectivity index (χ1n) is 33.3. The fraction of sp³-hybridized carbons (Fsp3) is 0.882. The second-order valence-electron chi connectivity index (χ2n) is 22.8. The third-order valence-electron chi connectivity index (χ3n) is 15.4. The molecule has 6 heteroatoms. The summed E-state index contributed by atoms with van der Waals surface area (Å²) in [6.07, 6.45) is 80.6. The number of hydrogen-bond donors (Lipinski definition) is 3. The van der Waals surface area contributed by atoms with Crippen LogP contribution >= 0.6 is 0 Å². The average Bonchev–Trinajstić information content (AvgIpc) is 3.40. The van der Waals surface area contributed by atoms with Crippen LogP contribution in [0.4, 0.5) is 0 Å². The standard InChI is InChI=1S/C68H129NO5/c1-3-5-7-9-11-13-15-16-17-31-34-37-41-44-48-52-56-60-66(71)65(64-70)69-67(72)61-57-53-49-45-42-38-35-32-29-27-25-23-21-19-18-20-22-24-26-28-30-33-36-39-43-47-51-55-59-63-74-68(73)62-58-54-50-46-40-14-12-10-8-6-4-2/h18,20,24,26,56,60,65-66,70-71H,3-17,19,21-23,25,27-55,57-59,61-64H2,1-2H3,(H,69,72)/b20-18-,26-24-,60-56+. The molecule has 0 fully saturated rings. The van der Waals surface area contributed by atoms with Crippen LogP contribution in [0.25, 0.3) is 0 Å². The third kappa shape index (κ3) is 59.3. The Morgan fingerprint density at radius 1 is 0.378 bits per heavy atom. The van der Waals surface area contributed by atoms with Crippen LogP contribution in [0, 0.1) is 0 Å². The van der Waals surface area contributed by atoms with E-state index in [1.807, 2.05) is 6.08 Å². The lowest BCUT2D eigenvalue weighted by Crippen LogP contribution is -2.45. The Kier molecular flexibility index (Phi) is 62.0. The van der Waals surface area contributed by atoms with Crippen LogP contribution < -0.4 is 5.32 Å². The highest BCUT2D eigenvalue weighted by Crippen LogP contribution is 2.18. The average molecular weight is 1040 g/mol. The quantitative estimate of drug-likeness (QED) is 0.0320. The molecule has 0 radical (unpaired) electrons. The molecule has 0 aromatic rings. The van der Waals surface area contributed by atoms with Gasteiger partial charge in [0.1, 0.15) is 0 Å². The van der Waals surface area contributed by atoms with E-state index in [1.165, 1.54) is 289 Å². The van der Waals surface area contributed by atoms with E-state index in [9.17, 15) is 19.8 Å². The molecule has 0 aromatic carbocycles. The maximum Gasteiger partial charge on any atom is 0.305 e. The fourth-order valence-electron chi connectivity index (χ4n) is 10.3. The van der Waals surface area contributed by atoms with Gasteiger partial charge in [0.05, 0.1) is 25.4 Å². The van der Waals surface area contributed by atoms with Crippen molar-refractivity contribution in [2.75, 3.05) is 13.2 Å². The van der Waals surface area contributed by atoms with Gasteiger partial charge in [0, 0.05) is 12.8 Å². The highest BCUT2D eigenvalue weighted by Gasteiger charge is 2.18. The van der Waals surface area contributed by atoms with Crippen molar-refractivity contribution in [2.24, 2.45) is 0 Å². The van der Waals surface area contributed by atoms with Crippen LogP contribution in [0.3, 0.4) is 0 Å². The normalized spacial score (nSPS) is 12.8. The van der Waals surface area contributed by atoms with Gasteiger partial charge in [-0.25, -0.2) is 0 Å². The van der Waals surface area contributed by atoms with E-state index in [0.717, 1.165) is 44.9 Å². The molecule has 3 N–H and O–H groups in total. The largest absolute Gasteiger partial charge is 0.466 e. The van der Waals surface area contributed by atoms with Gasteiger partial charge in [0.15, 0.2) is 0 Å². The number of amides is 1. The monoisotopic (exact) mass is 1040 g/mol. The number of aliphatic hydroxyl groups is 2. The summed E-state index contributed by atoms with van der Waals surface area (Å²) in [5, 5.41) is 23.2. The van der Waals surface area contributed by atoms with Gasteiger partial charge in [-0.3, -0.25) is 9.59 Å². The van der Waals surface area contributed by atoms with Crippen molar-refractivity contribution in [2.45, 2.75) is 373 Å². The summed E-state index contributed by atoms with van der Waals surface area (Å²) in [4.78, 5) is 24.5. The number of carbonyl (C=O) groups excluding carboxylic acids is 2. The molecule has 0 saturated carbocycles. The highest BCUT2D eigenvalue weighted by atomic mass is 16.5. The summed E-state index contributed by atoms with van der Waals surface area (Å²) in [5.74, 6) is -0.0552. The lowest BCUT2D eigenvalue weighted by Gasteiger charge is -2.20. The van der Waals surface area contributed by atoms with Gasteiger partial charge in [-0.15, -0.1) is 0 Å². The summed E-state index contributed by atoms with van der Waals surface area (Å²) in [6.45, 7) is 4.92. The summed E-state index contributed by atoms with van der Waals surface area (Å²) in [7, 11) is 0. The van der Waals surface area contributed by atoms with Gasteiger partial charge in [0.2, 0.25) is 5.91 Å². The van der Waals surface area contributed by atoms with Crippen molar-refractivity contribution in [3.63, 3.8) is 0 Å². The second kappa shape index (κ2) is 63.6. The number of nitrogens with one attached hydrogen (secondary N) is 1. The molecular formula is C68H129NO5. The zero-order chi connectivity index (χ0) is 53.6. The van der Waals surface area contributed by atoms with Crippen LogP contribution in [0.5, 0.6) is 0 Å². The Morgan fingerprint density at radius 2 is 0.676 bits per heavy atom. The molecule has 0 bridgehead atoms. The van der Waals surface area contributed by atoms with E-state index >= 15 is 0 Å². The van der Waals surface area contributed by atoms with E-state index in [4.69, 9.17) is 4.74 Å². The summed E-state index contributed by atoms with van der Waals surface area (Å²) in [6, 6.07) is -0.629. The minimum absolute atomic E-state index is 0.0115. The number of unbranched alkanes of at least 4 members (excludes halogenated alkanes) is 47. The molecule has 0 spiro atoms. The zero-order valence-corrected chi connectivity index (χ0v) is 49.8. The second-order valence-corrected chi connectivity index (χ2v) is 22.8. The minimum atomic E-state index is -0.845. The zero-order valence-electron chi connectivity index (χ0n) is 49.8. The Morgan fingerprint density at radius 3 is 1.03 bits per heavy atom. The maximum absolute atomic E-state index is 12.5. The van der Waals surface area contributed by atoms with Crippen molar-refractivity contribution >= 4 is 11.9 Å². The summed E-state index contributed by atoms with van der Waals surface area (Å²) < 4.78 is 5.47. The molecule has 0 heterocycles. The molecule has 1 amide bonds. The Labute approximate surface area is 462 Å². The molecule has 0 saturated heterocycles. The lowest BCUT2D eigenvalue weighted by atomic mass is 10.0. The molecule has 436 valence electrons. The van der Waals surface area contributed by atoms with Crippen molar-refractivity contribution < 1.29 is 24.5 Å². The summed E-state index contributed by atoms with van der Waals surface area (Å²) >= 11 is 0. The van der Waals surface area contributed by atoms with Crippen LogP contribution in [0.2, 0.25) is 0 Å². The first kappa shape index (κ1) is 72.1. The lowest BCUT2D eigenvalue weighted by molar-refractivity contribution is -0.143. The fourth-order valence-corrected chi connectivity index (χ4v) is 10.3. The van der Waals surface area contributed by atoms with E-state index < -0.39 is 12.1 Å². The molecule has 2 atom stereocenters. The predicted octanol–water partition coefficient (Wildman–Crippen LogP) is 21.1.